The molecule has 0 bridgehead atoms. The fraction of sp³-hybridized carbons (Fsp3) is 0.368. The van der Waals surface area contributed by atoms with Crippen molar-refractivity contribution in [3.05, 3.63) is 69.1 Å². The molecule has 1 saturated heterocycles. The fourth-order valence-electron chi connectivity index (χ4n) is 3.87. The van der Waals surface area contributed by atoms with E-state index in [4.69, 9.17) is 0 Å². The Morgan fingerprint density at radius 1 is 1.22 bits per heavy atom. The number of piperazine rings is 1. The number of allylic oxidation sites excluding steroid dienone is 3. The summed E-state index contributed by atoms with van der Waals surface area (Å²) >= 11 is 3.34. The summed E-state index contributed by atoms with van der Waals surface area (Å²) < 4.78 is 14.7. The largest absolute Gasteiger partial charge is 0.365 e. The second kappa shape index (κ2) is 5.91. The zero-order chi connectivity index (χ0) is 16.0. The molecule has 1 aromatic carbocycles. The number of benzene rings is 1. The number of halogens is 2. The summed E-state index contributed by atoms with van der Waals surface area (Å²) in [6, 6.07) is 11.0. The van der Waals surface area contributed by atoms with E-state index < -0.39 is 0 Å². The maximum absolute atomic E-state index is 14.0. The van der Waals surface area contributed by atoms with Crippen molar-refractivity contribution in [1.29, 1.82) is 0 Å². The first-order valence-corrected chi connectivity index (χ1v) is 8.91. The van der Waals surface area contributed by atoms with E-state index in [1.165, 1.54) is 22.4 Å². The van der Waals surface area contributed by atoms with Crippen LogP contribution in [-0.4, -0.2) is 35.5 Å². The predicted octanol–water partition coefficient (Wildman–Crippen LogP) is 4.37. The van der Waals surface area contributed by atoms with Crippen LogP contribution in [-0.2, 0) is 6.54 Å². The zero-order valence-electron chi connectivity index (χ0n) is 13.2. The van der Waals surface area contributed by atoms with Crippen molar-refractivity contribution in [2.45, 2.75) is 25.9 Å². The predicted molar refractivity (Wildman–Crippen MR) is 94.7 cm³/mol. The lowest BCUT2D eigenvalue weighted by Gasteiger charge is -2.41. The molecule has 0 aromatic heterocycles. The molecular weight excluding hydrogens is 355 g/mol. The monoisotopic (exact) mass is 374 g/mol. The van der Waals surface area contributed by atoms with Crippen LogP contribution in [0, 0.1) is 0 Å². The minimum Gasteiger partial charge on any atom is -0.365 e. The average molecular weight is 375 g/mol. The third-order valence-electron chi connectivity index (χ3n) is 4.99. The first-order valence-electron chi connectivity index (χ1n) is 8.12. The Morgan fingerprint density at radius 3 is 2.78 bits per heavy atom. The molecule has 0 N–H and O–H groups in total. The van der Waals surface area contributed by atoms with Crippen molar-refractivity contribution in [2.75, 3.05) is 19.6 Å². The van der Waals surface area contributed by atoms with Crippen LogP contribution < -0.4 is 0 Å². The Morgan fingerprint density at radius 2 is 2.00 bits per heavy atom. The molecule has 120 valence electrons. The highest BCUT2D eigenvalue weighted by Gasteiger charge is 2.36. The van der Waals surface area contributed by atoms with Gasteiger partial charge in [-0.1, -0.05) is 30.3 Å². The van der Waals surface area contributed by atoms with E-state index in [1.807, 2.05) is 6.08 Å². The van der Waals surface area contributed by atoms with Crippen molar-refractivity contribution in [3.63, 3.8) is 0 Å². The van der Waals surface area contributed by atoms with Gasteiger partial charge >= 0.3 is 0 Å². The van der Waals surface area contributed by atoms with Gasteiger partial charge in [-0.15, -0.1) is 0 Å². The molecule has 0 unspecified atom stereocenters. The van der Waals surface area contributed by atoms with Gasteiger partial charge in [-0.25, -0.2) is 4.39 Å². The molecule has 1 atom stereocenters. The van der Waals surface area contributed by atoms with Crippen LogP contribution in [0.2, 0.25) is 0 Å². The molecule has 1 aromatic rings. The molecule has 0 spiro atoms. The Balaban J connectivity index is 1.60. The van der Waals surface area contributed by atoms with Crippen molar-refractivity contribution < 1.29 is 4.39 Å². The van der Waals surface area contributed by atoms with Crippen LogP contribution in [0.25, 0.3) is 0 Å². The molecule has 2 nitrogen and oxygen atoms in total. The number of hydrogen-bond donors (Lipinski definition) is 0. The molecule has 2 heterocycles. The number of hydrogen-bond acceptors (Lipinski definition) is 2. The Labute approximate surface area is 145 Å². The SMILES string of the molecule is C[C@@H]1CN(Cc2ccccc2)CC2=C3CC(F)=C(Br)C=C3CN21. The molecule has 0 amide bonds. The molecule has 4 rings (SSSR count). The molecule has 1 aliphatic carbocycles. The summed E-state index contributed by atoms with van der Waals surface area (Å²) in [5, 5.41) is 0. The van der Waals surface area contributed by atoms with Crippen molar-refractivity contribution in [1.82, 2.24) is 9.80 Å². The minimum atomic E-state index is -0.0501. The minimum absolute atomic E-state index is 0.0501. The van der Waals surface area contributed by atoms with Gasteiger partial charge in [0.25, 0.3) is 0 Å². The highest BCUT2D eigenvalue weighted by atomic mass is 79.9. The Kier molecular flexibility index (Phi) is 3.90. The zero-order valence-corrected chi connectivity index (χ0v) is 14.8. The van der Waals surface area contributed by atoms with E-state index in [2.05, 4.69) is 63.0 Å². The van der Waals surface area contributed by atoms with Crippen LogP contribution >= 0.6 is 15.9 Å². The lowest BCUT2D eigenvalue weighted by atomic mass is 9.98. The molecule has 2 aliphatic heterocycles. The third-order valence-corrected chi connectivity index (χ3v) is 5.65. The van der Waals surface area contributed by atoms with Gasteiger partial charge in [0, 0.05) is 48.8 Å². The normalized spacial score (nSPS) is 24.7. The van der Waals surface area contributed by atoms with Gasteiger partial charge in [-0.05, 0) is 45.6 Å². The smallest absolute Gasteiger partial charge is 0.119 e. The second-order valence-corrected chi connectivity index (χ2v) is 7.51. The Hall–Kier alpha value is -1.39. The molecule has 3 aliphatic rings. The summed E-state index contributed by atoms with van der Waals surface area (Å²) in [6.07, 6.45) is 2.40. The fourth-order valence-corrected chi connectivity index (χ4v) is 4.29. The number of nitrogens with zero attached hydrogens (tertiary/aromatic N) is 2. The van der Waals surface area contributed by atoms with Crippen molar-refractivity contribution in [2.24, 2.45) is 0 Å². The molecule has 23 heavy (non-hydrogen) atoms. The van der Waals surface area contributed by atoms with E-state index in [0.29, 0.717) is 16.9 Å². The molecule has 1 fully saturated rings. The van der Waals surface area contributed by atoms with Gasteiger partial charge in [0.15, 0.2) is 0 Å². The second-order valence-electron chi connectivity index (χ2n) is 6.66. The van der Waals surface area contributed by atoms with E-state index in [0.717, 1.165) is 26.2 Å². The first-order chi connectivity index (χ1) is 11.1. The van der Waals surface area contributed by atoms with Crippen molar-refractivity contribution >= 4 is 15.9 Å². The maximum Gasteiger partial charge on any atom is 0.119 e. The molecule has 0 radical (unpaired) electrons. The van der Waals surface area contributed by atoms with Gasteiger partial charge in [0.05, 0.1) is 0 Å². The number of fused-ring (bicyclic) bond motifs is 2. The third kappa shape index (κ3) is 2.79. The average Bonchev–Trinajstić information content (AvgIpc) is 2.87. The summed E-state index contributed by atoms with van der Waals surface area (Å²) in [6.45, 7) is 6.12. The lowest BCUT2D eigenvalue weighted by molar-refractivity contribution is 0.134. The molecule has 4 heteroatoms. The van der Waals surface area contributed by atoms with Crippen LogP contribution in [0.5, 0.6) is 0 Å². The summed E-state index contributed by atoms with van der Waals surface area (Å²) in [5.41, 5.74) is 5.14. The quantitative estimate of drug-likeness (QED) is 0.758. The van der Waals surface area contributed by atoms with Gasteiger partial charge in [0.2, 0.25) is 0 Å². The summed E-state index contributed by atoms with van der Waals surface area (Å²) in [5.74, 6) is -0.0501. The van der Waals surface area contributed by atoms with E-state index in [9.17, 15) is 4.39 Å². The van der Waals surface area contributed by atoms with Gasteiger partial charge in [-0.2, -0.15) is 0 Å². The van der Waals surface area contributed by atoms with Gasteiger partial charge < -0.3 is 4.90 Å². The van der Waals surface area contributed by atoms with Crippen LogP contribution in [0.1, 0.15) is 18.9 Å². The van der Waals surface area contributed by atoms with Crippen molar-refractivity contribution in [3.8, 4) is 0 Å². The number of rotatable bonds is 2. The van der Waals surface area contributed by atoms with E-state index in [1.54, 1.807) is 0 Å². The highest BCUT2D eigenvalue weighted by Crippen LogP contribution is 2.42. The summed E-state index contributed by atoms with van der Waals surface area (Å²) in [4.78, 5) is 4.94. The standard InChI is InChI=1S/C19H20BrFN2/c1-13-9-22(10-14-5-3-2-4-6-14)12-19-16-8-18(21)17(20)7-15(16)11-23(13)19/h2-7,13H,8-12H2,1H3/t13-/m1/s1. The van der Waals surface area contributed by atoms with E-state index in [-0.39, 0.29) is 5.83 Å². The van der Waals surface area contributed by atoms with E-state index >= 15 is 0 Å². The summed E-state index contributed by atoms with van der Waals surface area (Å²) in [7, 11) is 0. The molecule has 0 saturated carbocycles. The topological polar surface area (TPSA) is 6.48 Å². The molecular formula is C19H20BrFN2. The maximum atomic E-state index is 14.0. The van der Waals surface area contributed by atoms with Crippen LogP contribution in [0.3, 0.4) is 0 Å². The Bertz CT molecular complexity index is 720. The first kappa shape index (κ1) is 15.2. The highest BCUT2D eigenvalue weighted by molar-refractivity contribution is 9.11. The lowest BCUT2D eigenvalue weighted by Crippen LogP contribution is -2.48. The van der Waals surface area contributed by atoms with Gasteiger partial charge in [-0.3, -0.25) is 4.90 Å². The van der Waals surface area contributed by atoms with Gasteiger partial charge in [0.1, 0.15) is 5.83 Å². The van der Waals surface area contributed by atoms with Crippen LogP contribution in [0.4, 0.5) is 4.39 Å². The van der Waals surface area contributed by atoms with Crippen LogP contribution in [0.15, 0.2) is 63.6 Å².